The Kier molecular flexibility index (Phi) is 6.98. The van der Waals surface area contributed by atoms with E-state index in [0.29, 0.717) is 38.5 Å². The van der Waals surface area contributed by atoms with E-state index in [0.717, 1.165) is 22.3 Å². The fraction of sp³-hybridized carbons (Fsp3) is 0.414. The first-order valence-corrected chi connectivity index (χ1v) is 12.1. The van der Waals surface area contributed by atoms with Crippen molar-refractivity contribution in [2.75, 3.05) is 0 Å². The van der Waals surface area contributed by atoms with Crippen LogP contribution in [-0.2, 0) is 14.4 Å². The summed E-state index contributed by atoms with van der Waals surface area (Å²) in [7, 11) is 0. The average molecular weight is 471 g/mol. The number of imide groups is 1. The van der Waals surface area contributed by atoms with Crippen molar-refractivity contribution in [1.82, 2.24) is 10.3 Å². The summed E-state index contributed by atoms with van der Waals surface area (Å²) < 4.78 is 0. The van der Waals surface area contributed by atoms with Crippen molar-refractivity contribution in [2.45, 2.75) is 65.2 Å². The van der Waals surface area contributed by atoms with Crippen LogP contribution >= 0.6 is 0 Å². The number of aryl methyl sites for hydroxylation is 2. The summed E-state index contributed by atoms with van der Waals surface area (Å²) in [6, 6.07) is 8.84. The number of pyridine rings is 1. The molecular formula is C29H30N2O4. The Labute approximate surface area is 205 Å². The molecule has 2 fully saturated rings. The van der Waals surface area contributed by atoms with Crippen molar-refractivity contribution in [2.24, 2.45) is 11.3 Å². The van der Waals surface area contributed by atoms with Crippen LogP contribution in [0.3, 0.4) is 0 Å². The van der Waals surface area contributed by atoms with E-state index in [-0.39, 0.29) is 34.5 Å². The summed E-state index contributed by atoms with van der Waals surface area (Å²) in [6.07, 6.45) is 4.54. The van der Waals surface area contributed by atoms with Crippen LogP contribution in [0.25, 0.3) is 0 Å². The Morgan fingerprint density at radius 3 is 2.20 bits per heavy atom. The van der Waals surface area contributed by atoms with Crippen LogP contribution in [0.4, 0.5) is 0 Å². The number of aromatic nitrogens is 1. The number of nitrogens with one attached hydrogen (secondary N) is 1. The Balaban J connectivity index is 1.42. The number of hydrogen-bond acceptors (Lipinski definition) is 5. The summed E-state index contributed by atoms with van der Waals surface area (Å²) in [5.41, 5.74) is 3.35. The summed E-state index contributed by atoms with van der Waals surface area (Å²) in [4.78, 5) is 55.6. The highest BCUT2D eigenvalue weighted by Gasteiger charge is 2.48. The lowest BCUT2D eigenvalue weighted by atomic mass is 9.59. The van der Waals surface area contributed by atoms with Gasteiger partial charge in [0.2, 0.25) is 5.91 Å². The van der Waals surface area contributed by atoms with E-state index in [1.807, 2.05) is 26.0 Å². The van der Waals surface area contributed by atoms with Gasteiger partial charge in [-0.3, -0.25) is 29.5 Å². The molecule has 2 aliphatic carbocycles. The van der Waals surface area contributed by atoms with E-state index in [1.165, 1.54) is 6.20 Å². The highest BCUT2D eigenvalue weighted by Crippen LogP contribution is 2.50. The first-order valence-electron chi connectivity index (χ1n) is 12.1. The van der Waals surface area contributed by atoms with E-state index in [1.54, 1.807) is 25.1 Å². The zero-order chi connectivity index (χ0) is 25.2. The third-order valence-corrected chi connectivity index (χ3v) is 7.45. The standard InChI is InChI=1S/C29H30N2O4/c1-4-7-20-14-18(2)25(19(3)15-20)26-23(32)16-29(17-24(26)33)11-9-21(10-12-29)27(34)31-28(35)22-8-5-6-13-30-22/h5-6,8,13-15,21,26H,9-12,16-17H2,1-3H3,(H,31,34,35). The van der Waals surface area contributed by atoms with Crippen LogP contribution in [0, 0.1) is 37.0 Å². The van der Waals surface area contributed by atoms with E-state index < -0.39 is 11.8 Å². The number of carbonyl (C=O) groups is 4. The summed E-state index contributed by atoms with van der Waals surface area (Å²) >= 11 is 0. The molecule has 0 aliphatic heterocycles. The number of amides is 2. The molecule has 35 heavy (non-hydrogen) atoms. The first kappa shape index (κ1) is 24.5. The molecule has 1 spiro atoms. The second kappa shape index (κ2) is 9.95. The van der Waals surface area contributed by atoms with Crippen molar-refractivity contribution in [3.05, 3.63) is 64.5 Å². The highest BCUT2D eigenvalue weighted by atomic mass is 16.2. The first-order chi connectivity index (χ1) is 16.7. The van der Waals surface area contributed by atoms with Gasteiger partial charge in [-0.15, -0.1) is 5.92 Å². The van der Waals surface area contributed by atoms with Crippen molar-refractivity contribution < 1.29 is 19.2 Å². The predicted molar refractivity (Wildman–Crippen MR) is 132 cm³/mol. The molecule has 2 aromatic rings. The van der Waals surface area contributed by atoms with Gasteiger partial charge < -0.3 is 0 Å². The van der Waals surface area contributed by atoms with E-state index in [4.69, 9.17) is 0 Å². The molecule has 2 amide bonds. The Bertz CT molecular complexity index is 1200. The maximum absolute atomic E-state index is 13.3. The molecule has 1 N–H and O–H groups in total. The molecule has 4 rings (SSSR count). The molecule has 0 bridgehead atoms. The van der Waals surface area contributed by atoms with Gasteiger partial charge in [0.15, 0.2) is 0 Å². The SMILES string of the molecule is CC#Cc1cc(C)c(C2C(=O)CC3(CCC(C(=O)NC(=O)c4ccccn4)CC3)CC2=O)c(C)c1. The van der Waals surface area contributed by atoms with E-state index in [9.17, 15) is 19.2 Å². The predicted octanol–water partition coefficient (Wildman–Crippen LogP) is 4.22. The lowest BCUT2D eigenvalue weighted by molar-refractivity contribution is -0.138. The van der Waals surface area contributed by atoms with Gasteiger partial charge in [-0.1, -0.05) is 12.0 Å². The van der Waals surface area contributed by atoms with Gasteiger partial charge in [-0.05, 0) is 92.8 Å². The molecule has 0 saturated heterocycles. The molecule has 1 aromatic carbocycles. The van der Waals surface area contributed by atoms with Crippen LogP contribution in [0.5, 0.6) is 0 Å². The normalized spacial score (nSPS) is 24.0. The molecule has 6 heteroatoms. The smallest absolute Gasteiger partial charge is 0.276 e. The van der Waals surface area contributed by atoms with Gasteiger partial charge >= 0.3 is 0 Å². The van der Waals surface area contributed by atoms with E-state index in [2.05, 4.69) is 22.1 Å². The van der Waals surface area contributed by atoms with Crippen LogP contribution in [-0.4, -0.2) is 28.4 Å². The maximum atomic E-state index is 13.3. The van der Waals surface area contributed by atoms with Gasteiger partial charge in [0, 0.05) is 30.5 Å². The van der Waals surface area contributed by atoms with Crippen LogP contribution in [0.2, 0.25) is 0 Å². The fourth-order valence-corrected chi connectivity index (χ4v) is 5.77. The monoisotopic (exact) mass is 470 g/mol. The number of Topliss-reactive ketones (excluding diaryl/α,β-unsaturated/α-hetero) is 2. The molecule has 6 nitrogen and oxygen atoms in total. The molecule has 1 heterocycles. The zero-order valence-corrected chi connectivity index (χ0v) is 20.4. The summed E-state index contributed by atoms with van der Waals surface area (Å²) in [6.45, 7) is 5.65. The summed E-state index contributed by atoms with van der Waals surface area (Å²) in [5, 5.41) is 2.45. The number of nitrogens with zero attached hydrogens (tertiary/aromatic N) is 1. The molecule has 2 saturated carbocycles. The molecule has 1 aromatic heterocycles. The third kappa shape index (κ3) is 5.09. The van der Waals surface area contributed by atoms with Crippen molar-refractivity contribution in [3.8, 4) is 11.8 Å². The van der Waals surface area contributed by atoms with Crippen LogP contribution < -0.4 is 5.32 Å². The number of benzene rings is 1. The van der Waals surface area contributed by atoms with Gasteiger partial charge in [0.1, 0.15) is 23.2 Å². The number of carbonyl (C=O) groups excluding carboxylic acids is 4. The van der Waals surface area contributed by atoms with Gasteiger partial charge in [-0.2, -0.15) is 0 Å². The quantitative estimate of drug-likeness (QED) is 0.412. The number of ketones is 2. The van der Waals surface area contributed by atoms with Crippen molar-refractivity contribution >= 4 is 23.4 Å². The molecule has 2 aliphatic rings. The molecular weight excluding hydrogens is 440 g/mol. The van der Waals surface area contributed by atoms with Crippen molar-refractivity contribution in [3.63, 3.8) is 0 Å². The maximum Gasteiger partial charge on any atom is 0.276 e. The minimum absolute atomic E-state index is 0.0324. The van der Waals surface area contributed by atoms with Gasteiger partial charge in [0.25, 0.3) is 5.91 Å². The fourth-order valence-electron chi connectivity index (χ4n) is 5.77. The van der Waals surface area contributed by atoms with Gasteiger partial charge in [-0.25, -0.2) is 0 Å². The largest absolute Gasteiger partial charge is 0.299 e. The second-order valence-corrected chi connectivity index (χ2v) is 9.93. The zero-order valence-electron chi connectivity index (χ0n) is 20.4. The Hall–Kier alpha value is -3.59. The molecule has 0 atom stereocenters. The number of hydrogen-bond donors (Lipinski definition) is 1. The number of rotatable bonds is 3. The summed E-state index contributed by atoms with van der Waals surface area (Å²) in [5.74, 6) is 4.01. The highest BCUT2D eigenvalue weighted by molar-refractivity contribution is 6.10. The van der Waals surface area contributed by atoms with Crippen LogP contribution in [0.15, 0.2) is 36.5 Å². The Morgan fingerprint density at radius 2 is 1.66 bits per heavy atom. The Morgan fingerprint density at radius 1 is 1.03 bits per heavy atom. The van der Waals surface area contributed by atoms with Crippen molar-refractivity contribution in [1.29, 1.82) is 0 Å². The minimum Gasteiger partial charge on any atom is -0.299 e. The third-order valence-electron chi connectivity index (χ3n) is 7.45. The topological polar surface area (TPSA) is 93.2 Å². The lowest BCUT2D eigenvalue weighted by Gasteiger charge is -2.43. The minimum atomic E-state index is -0.721. The van der Waals surface area contributed by atoms with E-state index >= 15 is 0 Å². The second-order valence-electron chi connectivity index (χ2n) is 9.93. The molecule has 0 unspecified atom stereocenters. The molecule has 180 valence electrons. The lowest BCUT2D eigenvalue weighted by Crippen LogP contribution is -2.44. The molecule has 0 radical (unpaired) electrons. The average Bonchev–Trinajstić information content (AvgIpc) is 2.81. The van der Waals surface area contributed by atoms with Gasteiger partial charge in [0.05, 0.1) is 0 Å². The van der Waals surface area contributed by atoms with Crippen LogP contribution in [0.1, 0.15) is 84.1 Å².